The molecule has 0 saturated heterocycles. The van der Waals surface area contributed by atoms with Crippen LogP contribution >= 0.6 is 23.5 Å². The molecule has 0 aromatic heterocycles. The van der Waals surface area contributed by atoms with Crippen LogP contribution < -0.4 is 5.32 Å². The highest BCUT2D eigenvalue weighted by molar-refractivity contribution is 8.00. The van der Waals surface area contributed by atoms with E-state index in [0.29, 0.717) is 23.9 Å². The molecule has 0 fully saturated rings. The summed E-state index contributed by atoms with van der Waals surface area (Å²) in [6.07, 6.45) is -11.4. The van der Waals surface area contributed by atoms with Crippen LogP contribution in [0.15, 0.2) is 52.3 Å². The van der Waals surface area contributed by atoms with Crippen molar-refractivity contribution in [2.75, 3.05) is 11.1 Å². The number of hydrogen-bond donors (Lipinski definition) is 1. The van der Waals surface area contributed by atoms with Crippen molar-refractivity contribution in [2.24, 2.45) is 0 Å². The van der Waals surface area contributed by atoms with Crippen LogP contribution in [-0.2, 0) is 11.0 Å². The standard InChI is InChI=1S/C18H10F10N2O3S2/c19-15(20,21)9-4-5-13(12(6-9)30(32)33)34-8-14(31)29-10-2-1-3-11(7-10)35-18(27,28)16(22,23)17(24,25)26/h1-7H,8H2,(H,29,31). The Labute approximate surface area is 197 Å². The minimum absolute atomic E-state index is 0.276. The van der Waals surface area contributed by atoms with Crippen LogP contribution in [0.5, 0.6) is 0 Å². The van der Waals surface area contributed by atoms with Crippen LogP contribution in [0.2, 0.25) is 0 Å². The largest absolute Gasteiger partial charge is 0.460 e. The number of carbonyl (C=O) groups is 1. The molecule has 0 radical (unpaired) electrons. The Morgan fingerprint density at radius 3 is 2.11 bits per heavy atom. The molecular weight excluding hydrogens is 546 g/mol. The lowest BCUT2D eigenvalue weighted by Crippen LogP contribution is -2.49. The van der Waals surface area contributed by atoms with E-state index in [1.165, 1.54) is 0 Å². The van der Waals surface area contributed by atoms with Gasteiger partial charge in [0.15, 0.2) is 0 Å². The van der Waals surface area contributed by atoms with Crippen LogP contribution in [0, 0.1) is 10.1 Å². The molecule has 0 saturated carbocycles. The second kappa shape index (κ2) is 10.1. The normalized spacial score (nSPS) is 13.0. The van der Waals surface area contributed by atoms with E-state index in [-0.39, 0.29) is 16.6 Å². The molecule has 1 amide bonds. The van der Waals surface area contributed by atoms with Crippen molar-refractivity contribution >= 4 is 40.8 Å². The minimum Gasteiger partial charge on any atom is -0.325 e. The third-order valence-corrected chi connectivity index (χ3v) is 5.99. The number of nitrogens with zero attached hydrogens (tertiary/aromatic N) is 1. The average Bonchev–Trinajstić information content (AvgIpc) is 2.70. The highest BCUT2D eigenvalue weighted by Gasteiger charge is 2.73. The number of carbonyl (C=O) groups excluding carboxylic acids is 1. The van der Waals surface area contributed by atoms with Crippen molar-refractivity contribution < 1.29 is 53.6 Å². The van der Waals surface area contributed by atoms with Gasteiger partial charge in [-0.15, -0.1) is 11.8 Å². The Balaban J connectivity index is 2.11. The van der Waals surface area contributed by atoms with Gasteiger partial charge in [-0.1, -0.05) is 6.07 Å². The van der Waals surface area contributed by atoms with Gasteiger partial charge in [-0.05, 0) is 42.1 Å². The molecular formula is C18H10F10N2O3S2. The number of amides is 1. The molecule has 1 N–H and O–H groups in total. The fourth-order valence-corrected chi connectivity index (χ4v) is 3.99. The quantitative estimate of drug-likeness (QED) is 0.161. The molecule has 0 aliphatic heterocycles. The van der Waals surface area contributed by atoms with E-state index in [2.05, 4.69) is 5.32 Å². The van der Waals surface area contributed by atoms with Crippen LogP contribution in [0.1, 0.15) is 5.56 Å². The summed E-state index contributed by atoms with van der Waals surface area (Å²) in [5.74, 6) is -7.89. The SMILES string of the molecule is O=C(CSc1ccc(C(F)(F)F)cc1[N+](=O)[O-])Nc1cccc(SC(F)(F)C(F)(F)C(F)(F)F)c1. The van der Waals surface area contributed by atoms with E-state index >= 15 is 0 Å². The second-order valence-electron chi connectivity index (χ2n) is 6.49. The van der Waals surface area contributed by atoms with Gasteiger partial charge in [0.1, 0.15) is 0 Å². The number of nitrogens with one attached hydrogen (secondary N) is 1. The lowest BCUT2D eigenvalue weighted by Gasteiger charge is -2.27. The summed E-state index contributed by atoms with van der Waals surface area (Å²) < 4.78 is 128. The monoisotopic (exact) mass is 556 g/mol. The summed E-state index contributed by atoms with van der Waals surface area (Å²) in [5.41, 5.74) is -2.50. The Hall–Kier alpha value is -2.69. The topological polar surface area (TPSA) is 72.2 Å². The maximum absolute atomic E-state index is 13.6. The Kier molecular flexibility index (Phi) is 8.26. The third-order valence-electron chi connectivity index (χ3n) is 3.93. The first-order valence-corrected chi connectivity index (χ1v) is 10.5. The maximum Gasteiger partial charge on any atom is 0.460 e. The number of hydrogen-bond acceptors (Lipinski definition) is 5. The number of benzene rings is 2. The zero-order valence-electron chi connectivity index (χ0n) is 16.5. The molecule has 0 atom stereocenters. The van der Waals surface area contributed by atoms with Gasteiger partial charge in [0, 0.05) is 16.6 Å². The Morgan fingerprint density at radius 1 is 0.943 bits per heavy atom. The fraction of sp³-hybridized carbons (Fsp3) is 0.278. The van der Waals surface area contributed by atoms with Crippen molar-refractivity contribution in [3.8, 4) is 0 Å². The molecule has 0 aliphatic carbocycles. The average molecular weight is 556 g/mol. The molecule has 35 heavy (non-hydrogen) atoms. The summed E-state index contributed by atoms with van der Waals surface area (Å²) in [7, 11) is 0. The van der Waals surface area contributed by atoms with E-state index in [1.807, 2.05) is 0 Å². The molecule has 2 aromatic carbocycles. The lowest BCUT2D eigenvalue weighted by atomic mass is 10.2. The zero-order valence-corrected chi connectivity index (χ0v) is 18.1. The number of alkyl halides is 10. The molecule has 0 unspecified atom stereocenters. The van der Waals surface area contributed by atoms with Gasteiger partial charge in [-0.3, -0.25) is 14.9 Å². The van der Waals surface area contributed by atoms with Gasteiger partial charge in [0.2, 0.25) is 5.91 Å². The predicted molar refractivity (Wildman–Crippen MR) is 106 cm³/mol. The molecule has 0 heterocycles. The van der Waals surface area contributed by atoms with Gasteiger partial charge in [-0.2, -0.15) is 43.9 Å². The van der Waals surface area contributed by atoms with Crippen molar-refractivity contribution in [2.45, 2.75) is 33.3 Å². The minimum atomic E-state index is -6.52. The zero-order chi connectivity index (χ0) is 26.8. The van der Waals surface area contributed by atoms with Crippen LogP contribution in [0.3, 0.4) is 0 Å². The molecule has 2 rings (SSSR count). The first-order chi connectivity index (χ1) is 15.8. The van der Waals surface area contributed by atoms with Crippen LogP contribution in [0.25, 0.3) is 0 Å². The molecule has 17 heteroatoms. The number of nitro benzene ring substituents is 1. The number of thioether (sulfide) groups is 2. The number of anilines is 1. The van der Waals surface area contributed by atoms with Gasteiger partial charge in [0.05, 0.1) is 21.1 Å². The lowest BCUT2D eigenvalue weighted by molar-refractivity contribution is -0.388. The van der Waals surface area contributed by atoms with E-state index in [0.717, 1.165) is 24.3 Å². The number of halogens is 10. The third kappa shape index (κ3) is 6.93. The fourth-order valence-electron chi connectivity index (χ4n) is 2.31. The van der Waals surface area contributed by atoms with Crippen LogP contribution in [0.4, 0.5) is 55.3 Å². The van der Waals surface area contributed by atoms with Crippen molar-refractivity contribution in [3.05, 3.63) is 58.1 Å². The van der Waals surface area contributed by atoms with E-state index in [1.54, 1.807) is 0 Å². The van der Waals surface area contributed by atoms with Gasteiger partial charge in [-0.25, -0.2) is 0 Å². The van der Waals surface area contributed by atoms with E-state index in [9.17, 15) is 58.8 Å². The Morgan fingerprint density at radius 2 is 1.57 bits per heavy atom. The molecule has 0 bridgehead atoms. The molecule has 5 nitrogen and oxygen atoms in total. The van der Waals surface area contributed by atoms with Crippen molar-refractivity contribution in [1.82, 2.24) is 0 Å². The van der Waals surface area contributed by atoms with Crippen LogP contribution in [-0.4, -0.2) is 33.9 Å². The number of rotatable bonds is 8. The smallest absolute Gasteiger partial charge is 0.325 e. The molecule has 0 spiro atoms. The first-order valence-electron chi connectivity index (χ1n) is 8.75. The highest BCUT2D eigenvalue weighted by Crippen LogP contribution is 2.54. The predicted octanol–water partition coefficient (Wildman–Crippen LogP) is 7.23. The summed E-state index contributed by atoms with van der Waals surface area (Å²) in [6, 6.07) is 5.16. The number of nitro groups is 1. The van der Waals surface area contributed by atoms with Crippen molar-refractivity contribution in [3.63, 3.8) is 0 Å². The second-order valence-corrected chi connectivity index (χ2v) is 8.70. The summed E-state index contributed by atoms with van der Waals surface area (Å²) in [6.45, 7) is 0. The van der Waals surface area contributed by atoms with E-state index in [4.69, 9.17) is 0 Å². The molecule has 0 aliphatic rings. The maximum atomic E-state index is 13.6. The van der Waals surface area contributed by atoms with Crippen molar-refractivity contribution in [1.29, 1.82) is 0 Å². The first kappa shape index (κ1) is 28.5. The molecule has 2 aromatic rings. The summed E-state index contributed by atoms with van der Waals surface area (Å²) in [4.78, 5) is 21.0. The van der Waals surface area contributed by atoms with Gasteiger partial charge in [0.25, 0.3) is 5.69 Å². The molecule has 192 valence electrons. The van der Waals surface area contributed by atoms with Gasteiger partial charge < -0.3 is 5.32 Å². The highest BCUT2D eigenvalue weighted by atomic mass is 32.2. The Bertz CT molecular complexity index is 1110. The van der Waals surface area contributed by atoms with E-state index < -0.39 is 68.0 Å². The summed E-state index contributed by atoms with van der Waals surface area (Å²) in [5, 5.41) is 7.59. The van der Waals surface area contributed by atoms with Gasteiger partial charge >= 0.3 is 23.5 Å². The summed E-state index contributed by atoms with van der Waals surface area (Å²) >= 11 is -0.615.